The molecule has 0 spiro atoms. The number of aromatic nitrogens is 1. The SMILES string of the molecule is O=C(c1cc(F)cnc1Cl)N1CCCCCCC1. The highest BCUT2D eigenvalue weighted by Crippen LogP contribution is 2.18. The second-order valence-electron chi connectivity index (χ2n) is 4.55. The van der Waals surface area contributed by atoms with Gasteiger partial charge in [-0.2, -0.15) is 0 Å². The summed E-state index contributed by atoms with van der Waals surface area (Å²) in [5, 5.41) is 0.0726. The van der Waals surface area contributed by atoms with Gasteiger partial charge < -0.3 is 4.90 Å². The normalized spacial score (nSPS) is 17.1. The van der Waals surface area contributed by atoms with Gasteiger partial charge in [-0.25, -0.2) is 9.37 Å². The Bertz CT molecular complexity index is 431. The highest BCUT2D eigenvalue weighted by Gasteiger charge is 2.20. The molecule has 0 saturated carbocycles. The maximum absolute atomic E-state index is 13.1. The van der Waals surface area contributed by atoms with E-state index in [4.69, 9.17) is 11.6 Å². The van der Waals surface area contributed by atoms with Crippen molar-refractivity contribution in [2.24, 2.45) is 0 Å². The van der Waals surface area contributed by atoms with Crippen molar-refractivity contribution in [2.75, 3.05) is 13.1 Å². The van der Waals surface area contributed by atoms with Crippen molar-refractivity contribution in [1.29, 1.82) is 0 Å². The highest BCUT2D eigenvalue weighted by molar-refractivity contribution is 6.32. The van der Waals surface area contributed by atoms with Crippen molar-refractivity contribution < 1.29 is 9.18 Å². The van der Waals surface area contributed by atoms with Crippen LogP contribution in [0.15, 0.2) is 12.3 Å². The molecule has 0 bridgehead atoms. The van der Waals surface area contributed by atoms with Gasteiger partial charge in [-0.15, -0.1) is 0 Å². The standard InChI is InChI=1S/C13H16ClFN2O/c14-12-11(8-10(15)9-16-12)13(18)17-6-4-2-1-3-5-7-17/h8-9H,1-7H2. The van der Waals surface area contributed by atoms with Gasteiger partial charge in [-0.3, -0.25) is 4.79 Å². The van der Waals surface area contributed by atoms with Crippen molar-refractivity contribution in [3.05, 3.63) is 28.8 Å². The minimum Gasteiger partial charge on any atom is -0.339 e. The molecule has 0 aliphatic carbocycles. The lowest BCUT2D eigenvalue weighted by atomic mass is 10.1. The van der Waals surface area contributed by atoms with Crippen LogP contribution in [0.3, 0.4) is 0 Å². The van der Waals surface area contributed by atoms with E-state index in [1.165, 1.54) is 6.42 Å². The summed E-state index contributed by atoms with van der Waals surface area (Å²) in [5.74, 6) is -0.747. The number of carbonyl (C=O) groups is 1. The largest absolute Gasteiger partial charge is 0.339 e. The van der Waals surface area contributed by atoms with Crippen molar-refractivity contribution in [3.63, 3.8) is 0 Å². The van der Waals surface area contributed by atoms with Crippen LogP contribution in [0.25, 0.3) is 0 Å². The fraction of sp³-hybridized carbons (Fsp3) is 0.538. The molecule has 1 saturated heterocycles. The molecule has 2 rings (SSSR count). The molecular weight excluding hydrogens is 255 g/mol. The molecule has 0 atom stereocenters. The lowest BCUT2D eigenvalue weighted by molar-refractivity contribution is 0.0741. The second kappa shape index (κ2) is 6.14. The molecule has 1 aromatic rings. The van der Waals surface area contributed by atoms with Crippen molar-refractivity contribution in [1.82, 2.24) is 9.88 Å². The van der Waals surface area contributed by atoms with Crippen molar-refractivity contribution >= 4 is 17.5 Å². The van der Waals surface area contributed by atoms with Crippen LogP contribution in [0.1, 0.15) is 42.5 Å². The summed E-state index contributed by atoms with van der Waals surface area (Å²) in [6, 6.07) is 1.16. The van der Waals surface area contributed by atoms with Gasteiger partial charge in [0.25, 0.3) is 5.91 Å². The summed E-state index contributed by atoms with van der Waals surface area (Å²) >= 11 is 5.86. The molecule has 1 aliphatic rings. The maximum atomic E-state index is 13.1. The summed E-state index contributed by atoms with van der Waals surface area (Å²) in [7, 11) is 0. The summed E-state index contributed by atoms with van der Waals surface area (Å²) < 4.78 is 13.1. The van der Waals surface area contributed by atoms with E-state index >= 15 is 0 Å². The molecule has 1 amide bonds. The van der Waals surface area contributed by atoms with Crippen molar-refractivity contribution in [2.45, 2.75) is 32.1 Å². The van der Waals surface area contributed by atoms with Gasteiger partial charge in [0.05, 0.1) is 11.8 Å². The van der Waals surface area contributed by atoms with Crippen LogP contribution < -0.4 is 0 Å². The lowest BCUT2D eigenvalue weighted by Gasteiger charge is -2.25. The van der Waals surface area contributed by atoms with Crippen LogP contribution in [-0.4, -0.2) is 28.9 Å². The van der Waals surface area contributed by atoms with E-state index in [0.717, 1.165) is 37.9 Å². The number of halogens is 2. The summed E-state index contributed by atoms with van der Waals surface area (Å²) in [6.07, 6.45) is 6.51. The highest BCUT2D eigenvalue weighted by atomic mass is 35.5. The van der Waals surface area contributed by atoms with Gasteiger partial charge >= 0.3 is 0 Å². The first kappa shape index (κ1) is 13.3. The number of amides is 1. The van der Waals surface area contributed by atoms with Crippen LogP contribution in [-0.2, 0) is 0 Å². The van der Waals surface area contributed by atoms with Crippen LogP contribution >= 0.6 is 11.6 Å². The van der Waals surface area contributed by atoms with Gasteiger partial charge in [0.15, 0.2) is 0 Å². The topological polar surface area (TPSA) is 33.2 Å². The third-order valence-corrected chi connectivity index (χ3v) is 3.48. The zero-order chi connectivity index (χ0) is 13.0. The van der Waals surface area contributed by atoms with E-state index in [-0.39, 0.29) is 16.6 Å². The van der Waals surface area contributed by atoms with E-state index < -0.39 is 5.82 Å². The van der Waals surface area contributed by atoms with E-state index in [1.54, 1.807) is 4.90 Å². The summed E-state index contributed by atoms with van der Waals surface area (Å²) in [4.78, 5) is 17.7. The Kier molecular flexibility index (Phi) is 4.53. The molecule has 1 fully saturated rings. The number of nitrogens with zero attached hydrogens (tertiary/aromatic N) is 2. The molecule has 3 nitrogen and oxygen atoms in total. The molecule has 0 aromatic carbocycles. The first-order valence-electron chi connectivity index (χ1n) is 6.29. The third-order valence-electron chi connectivity index (χ3n) is 3.18. The predicted octanol–water partition coefficient (Wildman–Crippen LogP) is 3.28. The molecule has 18 heavy (non-hydrogen) atoms. The fourth-order valence-corrected chi connectivity index (χ4v) is 2.38. The van der Waals surface area contributed by atoms with Gasteiger partial charge in [0, 0.05) is 13.1 Å². The molecule has 0 unspecified atom stereocenters. The molecule has 1 aromatic heterocycles. The van der Waals surface area contributed by atoms with Gasteiger partial charge in [0.1, 0.15) is 11.0 Å². The van der Waals surface area contributed by atoms with E-state index in [2.05, 4.69) is 4.98 Å². The fourth-order valence-electron chi connectivity index (χ4n) is 2.19. The van der Waals surface area contributed by atoms with Crippen LogP contribution in [0.5, 0.6) is 0 Å². The molecule has 0 radical (unpaired) electrons. The number of pyridine rings is 1. The van der Waals surface area contributed by atoms with Gasteiger partial charge in [-0.05, 0) is 18.9 Å². The average molecular weight is 271 g/mol. The number of hydrogen-bond donors (Lipinski definition) is 0. The zero-order valence-corrected chi connectivity index (χ0v) is 10.9. The lowest BCUT2D eigenvalue weighted by Crippen LogP contribution is -2.34. The molecule has 2 heterocycles. The number of hydrogen-bond acceptors (Lipinski definition) is 2. The molecule has 1 aliphatic heterocycles. The van der Waals surface area contributed by atoms with Crippen LogP contribution in [0.2, 0.25) is 5.15 Å². The van der Waals surface area contributed by atoms with Crippen LogP contribution in [0.4, 0.5) is 4.39 Å². The van der Waals surface area contributed by atoms with Gasteiger partial charge in [-0.1, -0.05) is 30.9 Å². The van der Waals surface area contributed by atoms with E-state index in [0.29, 0.717) is 13.1 Å². The monoisotopic (exact) mass is 270 g/mol. The average Bonchev–Trinajstić information content (AvgIpc) is 2.31. The van der Waals surface area contributed by atoms with Crippen LogP contribution in [0, 0.1) is 5.82 Å². The quantitative estimate of drug-likeness (QED) is 0.734. The zero-order valence-electron chi connectivity index (χ0n) is 10.2. The Hall–Kier alpha value is -1.16. The minimum absolute atomic E-state index is 0.0726. The second-order valence-corrected chi connectivity index (χ2v) is 4.91. The first-order valence-corrected chi connectivity index (χ1v) is 6.66. The molecular formula is C13H16ClFN2O. The molecule has 98 valence electrons. The number of rotatable bonds is 1. The maximum Gasteiger partial charge on any atom is 0.257 e. The smallest absolute Gasteiger partial charge is 0.257 e. The minimum atomic E-state index is -0.533. The Labute approximate surface area is 111 Å². The Morgan fingerprint density at radius 1 is 1.22 bits per heavy atom. The number of likely N-dealkylation sites (tertiary alicyclic amines) is 1. The third kappa shape index (κ3) is 3.19. The number of carbonyl (C=O) groups excluding carboxylic acids is 1. The first-order chi connectivity index (χ1) is 8.68. The van der Waals surface area contributed by atoms with E-state index in [1.807, 2.05) is 0 Å². The Balaban J connectivity index is 2.15. The molecule has 0 N–H and O–H groups in total. The van der Waals surface area contributed by atoms with Crippen molar-refractivity contribution in [3.8, 4) is 0 Å². The Morgan fingerprint density at radius 3 is 2.50 bits per heavy atom. The Morgan fingerprint density at radius 2 is 1.83 bits per heavy atom. The molecule has 5 heteroatoms. The summed E-state index contributed by atoms with van der Waals surface area (Å²) in [6.45, 7) is 1.43. The predicted molar refractivity (Wildman–Crippen MR) is 68.2 cm³/mol. The van der Waals surface area contributed by atoms with E-state index in [9.17, 15) is 9.18 Å². The summed E-state index contributed by atoms with van der Waals surface area (Å²) in [5.41, 5.74) is 0.164. The van der Waals surface area contributed by atoms with Gasteiger partial charge in [0.2, 0.25) is 0 Å².